The summed E-state index contributed by atoms with van der Waals surface area (Å²) >= 11 is 1.85. The van der Waals surface area contributed by atoms with E-state index in [0.29, 0.717) is 0 Å². The molecule has 3 nitrogen and oxygen atoms in total. The van der Waals surface area contributed by atoms with Crippen LogP contribution in [0.1, 0.15) is 18.4 Å². The average molecular weight is 735 g/mol. The first-order valence-corrected chi connectivity index (χ1v) is 20.1. The van der Waals surface area contributed by atoms with Crippen LogP contribution in [-0.2, 0) is 0 Å². The number of benzene rings is 8. The van der Waals surface area contributed by atoms with Gasteiger partial charge in [0, 0.05) is 70.5 Å². The predicted octanol–water partition coefficient (Wildman–Crippen LogP) is 15.4. The van der Waals surface area contributed by atoms with Crippen LogP contribution in [-0.4, -0.2) is 4.57 Å². The fourth-order valence-corrected chi connectivity index (χ4v) is 10.1. The molecule has 4 heteroatoms. The van der Waals surface area contributed by atoms with E-state index < -0.39 is 0 Å². The van der Waals surface area contributed by atoms with Gasteiger partial charge in [0.05, 0.1) is 11.0 Å². The molecule has 0 saturated heterocycles. The van der Waals surface area contributed by atoms with Crippen LogP contribution in [0.5, 0.6) is 0 Å². The second kappa shape index (κ2) is 12.3. The minimum Gasteiger partial charge on any atom is -0.456 e. The molecule has 0 saturated carbocycles. The molecule has 0 radical (unpaired) electrons. The van der Waals surface area contributed by atoms with Crippen molar-refractivity contribution in [1.29, 1.82) is 0 Å². The lowest BCUT2D eigenvalue weighted by atomic mass is 9.95. The highest BCUT2D eigenvalue weighted by atomic mass is 32.1. The standard InChI is InChI=1S/C52H34N2OS/c1-2-10-36-30-48-46(29-35(36)9-1)41-11-3-6-14-47(41)54(48)38-23-19-34(20-24-38)33-17-21-37(22-18-33)53(39-25-27-43-42-12-4-7-15-49(42)55-50(43)31-39)40-26-28-45-44-13-5-8-16-51(44)56-52(45)32-40/h1-19,21-23,25-32H,20,24H2. The number of furan rings is 1. The molecule has 1 aliphatic rings. The molecular weight excluding hydrogens is 701 g/mol. The van der Waals surface area contributed by atoms with Gasteiger partial charge in [-0.1, -0.05) is 103 Å². The van der Waals surface area contributed by atoms with Crippen LogP contribution in [0.25, 0.3) is 86.0 Å². The smallest absolute Gasteiger partial charge is 0.137 e. The average Bonchev–Trinajstić information content (AvgIpc) is 3.92. The predicted molar refractivity (Wildman–Crippen MR) is 240 cm³/mol. The zero-order valence-corrected chi connectivity index (χ0v) is 31.3. The highest BCUT2D eigenvalue weighted by Crippen LogP contribution is 2.43. The molecule has 0 fully saturated rings. The van der Waals surface area contributed by atoms with Gasteiger partial charge in [0.25, 0.3) is 0 Å². The van der Waals surface area contributed by atoms with E-state index in [4.69, 9.17) is 4.42 Å². The number of para-hydroxylation sites is 2. The fraction of sp³-hybridized carbons (Fsp3) is 0.0385. The summed E-state index contributed by atoms with van der Waals surface area (Å²) in [4.78, 5) is 2.36. The molecule has 0 spiro atoms. The number of aromatic nitrogens is 1. The zero-order chi connectivity index (χ0) is 36.7. The van der Waals surface area contributed by atoms with E-state index in [9.17, 15) is 0 Å². The van der Waals surface area contributed by atoms with Gasteiger partial charge in [-0.25, -0.2) is 0 Å². The van der Waals surface area contributed by atoms with E-state index in [0.717, 1.165) is 51.8 Å². The van der Waals surface area contributed by atoms with Crippen LogP contribution in [0.4, 0.5) is 17.1 Å². The largest absolute Gasteiger partial charge is 0.456 e. The van der Waals surface area contributed by atoms with Crippen molar-refractivity contribution < 1.29 is 4.42 Å². The summed E-state index contributed by atoms with van der Waals surface area (Å²) < 4.78 is 11.5. The maximum atomic E-state index is 6.39. The lowest BCUT2D eigenvalue weighted by Crippen LogP contribution is -2.10. The minimum atomic E-state index is 0.889. The van der Waals surface area contributed by atoms with Gasteiger partial charge >= 0.3 is 0 Å². The summed E-state index contributed by atoms with van der Waals surface area (Å²) in [5.74, 6) is 0. The molecule has 56 heavy (non-hydrogen) atoms. The maximum absolute atomic E-state index is 6.39. The SMILES string of the molecule is C1=C(c2ccc(N(c3ccc4c(c3)oc3ccccc34)c3ccc4c(c3)sc3ccccc34)cc2)CCC(n2c3ccccc3c3cc4ccccc4cc32)=C1. The van der Waals surface area contributed by atoms with Gasteiger partial charge < -0.3 is 13.9 Å². The summed E-state index contributed by atoms with van der Waals surface area (Å²) in [6.45, 7) is 0. The second-order valence-electron chi connectivity index (χ2n) is 14.9. The van der Waals surface area contributed by atoms with Crippen molar-refractivity contribution >= 4 is 114 Å². The van der Waals surface area contributed by atoms with E-state index in [1.807, 2.05) is 23.5 Å². The quantitative estimate of drug-likeness (QED) is 0.176. The summed E-state index contributed by atoms with van der Waals surface area (Å²) in [6.07, 6.45) is 6.61. The van der Waals surface area contributed by atoms with Crippen LogP contribution in [0, 0.1) is 0 Å². The third-order valence-corrected chi connectivity index (χ3v) is 12.8. The van der Waals surface area contributed by atoms with E-state index >= 15 is 0 Å². The lowest BCUT2D eigenvalue weighted by molar-refractivity contribution is 0.669. The van der Waals surface area contributed by atoms with Crippen LogP contribution < -0.4 is 4.90 Å². The van der Waals surface area contributed by atoms with Gasteiger partial charge in [-0.15, -0.1) is 11.3 Å². The molecule has 0 bridgehead atoms. The van der Waals surface area contributed by atoms with E-state index in [-0.39, 0.29) is 0 Å². The Morgan fingerprint density at radius 2 is 1.11 bits per heavy atom. The minimum absolute atomic E-state index is 0.889. The molecule has 0 unspecified atom stereocenters. The Bertz CT molecular complexity index is 3320. The number of fused-ring (bicyclic) bond motifs is 10. The Morgan fingerprint density at radius 1 is 0.446 bits per heavy atom. The van der Waals surface area contributed by atoms with Crippen molar-refractivity contribution in [3.05, 3.63) is 188 Å². The van der Waals surface area contributed by atoms with E-state index in [1.165, 1.54) is 69.6 Å². The molecule has 264 valence electrons. The Hall–Kier alpha value is -6.88. The molecule has 1 aliphatic carbocycles. The second-order valence-corrected chi connectivity index (χ2v) is 15.9. The highest BCUT2D eigenvalue weighted by molar-refractivity contribution is 7.25. The molecule has 0 amide bonds. The van der Waals surface area contributed by atoms with Crippen molar-refractivity contribution in [3.8, 4) is 0 Å². The number of allylic oxidation sites excluding steroid dienone is 4. The van der Waals surface area contributed by atoms with Gasteiger partial charge in [0.15, 0.2) is 0 Å². The summed E-state index contributed by atoms with van der Waals surface area (Å²) in [6, 6.07) is 61.8. The van der Waals surface area contributed by atoms with Crippen LogP contribution >= 0.6 is 11.3 Å². The Morgan fingerprint density at radius 3 is 1.95 bits per heavy atom. The highest BCUT2D eigenvalue weighted by Gasteiger charge is 2.20. The van der Waals surface area contributed by atoms with Crippen molar-refractivity contribution in [2.75, 3.05) is 4.90 Å². The third kappa shape index (κ3) is 4.89. The number of anilines is 3. The maximum Gasteiger partial charge on any atom is 0.137 e. The number of rotatable bonds is 5. The topological polar surface area (TPSA) is 21.3 Å². The molecular formula is C52H34N2OS. The Balaban J connectivity index is 0.940. The molecule has 3 heterocycles. The first-order valence-electron chi connectivity index (χ1n) is 19.3. The molecule has 12 rings (SSSR count). The van der Waals surface area contributed by atoms with Gasteiger partial charge in [-0.05, 0) is 108 Å². The first-order chi connectivity index (χ1) is 27.7. The summed E-state index contributed by atoms with van der Waals surface area (Å²) in [5, 5.41) is 10.0. The van der Waals surface area contributed by atoms with Gasteiger partial charge in [0.1, 0.15) is 11.2 Å². The Labute approximate surface area is 327 Å². The number of thiophene rings is 1. The van der Waals surface area contributed by atoms with Gasteiger partial charge in [-0.2, -0.15) is 0 Å². The van der Waals surface area contributed by atoms with Crippen molar-refractivity contribution in [1.82, 2.24) is 4.57 Å². The van der Waals surface area contributed by atoms with E-state index in [2.05, 4.69) is 179 Å². The molecule has 8 aromatic carbocycles. The molecule has 0 aliphatic heterocycles. The summed E-state index contributed by atoms with van der Waals surface area (Å²) in [7, 11) is 0. The monoisotopic (exact) mass is 734 g/mol. The first kappa shape index (κ1) is 31.5. The Kier molecular flexibility index (Phi) is 6.92. The number of nitrogens with zero attached hydrogens (tertiary/aromatic N) is 2. The molecule has 3 aromatic heterocycles. The fourth-order valence-electron chi connectivity index (χ4n) is 9.00. The third-order valence-electron chi connectivity index (χ3n) is 11.7. The molecule has 0 N–H and O–H groups in total. The lowest BCUT2D eigenvalue weighted by Gasteiger charge is -2.26. The van der Waals surface area contributed by atoms with Crippen LogP contribution in [0.2, 0.25) is 0 Å². The van der Waals surface area contributed by atoms with Gasteiger partial charge in [-0.3, -0.25) is 0 Å². The molecule has 11 aromatic rings. The van der Waals surface area contributed by atoms with Crippen molar-refractivity contribution in [3.63, 3.8) is 0 Å². The van der Waals surface area contributed by atoms with E-state index in [1.54, 1.807) is 0 Å². The van der Waals surface area contributed by atoms with Crippen LogP contribution in [0.3, 0.4) is 0 Å². The normalized spacial score (nSPS) is 13.4. The summed E-state index contributed by atoms with van der Waals surface area (Å²) in [5.41, 5.74) is 11.6. The number of hydrogen-bond donors (Lipinski definition) is 0. The number of hydrogen-bond acceptors (Lipinski definition) is 3. The van der Waals surface area contributed by atoms with Crippen molar-refractivity contribution in [2.45, 2.75) is 12.8 Å². The van der Waals surface area contributed by atoms with Gasteiger partial charge in [0.2, 0.25) is 0 Å². The molecule has 0 atom stereocenters. The van der Waals surface area contributed by atoms with Crippen LogP contribution in [0.15, 0.2) is 186 Å². The van der Waals surface area contributed by atoms with Crippen molar-refractivity contribution in [2.24, 2.45) is 0 Å². The zero-order valence-electron chi connectivity index (χ0n) is 30.4.